The molecule has 1 fully saturated rings. The smallest absolute Gasteiger partial charge is 0.257 e. The number of para-hydroxylation sites is 1. The van der Waals surface area contributed by atoms with Crippen LogP contribution in [-0.2, 0) is 0 Å². The van der Waals surface area contributed by atoms with Crippen molar-refractivity contribution in [3.05, 3.63) is 71.8 Å². The molecule has 11 heteroatoms. The van der Waals surface area contributed by atoms with E-state index in [-0.39, 0.29) is 34.9 Å². The van der Waals surface area contributed by atoms with Gasteiger partial charge in [0, 0.05) is 38.6 Å². The molecule has 4 N–H and O–H groups in total. The zero-order chi connectivity index (χ0) is 28.6. The van der Waals surface area contributed by atoms with Gasteiger partial charge in [-0.25, -0.2) is 4.98 Å². The van der Waals surface area contributed by atoms with Crippen molar-refractivity contribution in [2.45, 2.75) is 39.2 Å². The van der Waals surface area contributed by atoms with Crippen LogP contribution in [0.1, 0.15) is 60.8 Å². The summed E-state index contributed by atoms with van der Waals surface area (Å²) in [6.45, 7) is 8.56. The summed E-state index contributed by atoms with van der Waals surface area (Å²) in [4.78, 5) is 21.6. The summed E-state index contributed by atoms with van der Waals surface area (Å²) in [5, 5.41) is 26.0. The van der Waals surface area contributed by atoms with Crippen LogP contribution in [0.2, 0.25) is 0 Å². The van der Waals surface area contributed by atoms with E-state index in [1.54, 1.807) is 41.8 Å². The number of aromatic hydroxyl groups is 1. The minimum atomic E-state index is -0.247. The Morgan fingerprint density at radius 3 is 2.60 bits per heavy atom. The Kier molecular flexibility index (Phi) is 9.70. The van der Waals surface area contributed by atoms with E-state index in [2.05, 4.69) is 38.8 Å². The van der Waals surface area contributed by atoms with Crippen molar-refractivity contribution in [3.63, 3.8) is 0 Å². The number of aromatic nitrogens is 1. The topological polar surface area (TPSA) is 130 Å². The lowest BCUT2D eigenvalue weighted by atomic mass is 10.1. The number of hydrogen-bond donors (Lipinski definition) is 4. The second-order valence-electron chi connectivity index (χ2n) is 9.83. The molecule has 1 aliphatic rings. The number of nitrogens with zero attached hydrogens (tertiary/aromatic N) is 4. The van der Waals surface area contributed by atoms with E-state index in [1.165, 1.54) is 11.9 Å². The van der Waals surface area contributed by atoms with Gasteiger partial charge in [-0.1, -0.05) is 32.9 Å². The van der Waals surface area contributed by atoms with Crippen LogP contribution in [0, 0.1) is 5.41 Å². The molecule has 10 nitrogen and oxygen atoms in total. The van der Waals surface area contributed by atoms with Gasteiger partial charge in [-0.05, 0) is 60.2 Å². The fraction of sp³-hybridized carbons (Fsp3) is 0.379. The third-order valence-corrected chi connectivity index (χ3v) is 7.22. The molecule has 0 unspecified atom stereocenters. The number of hydrogen-bond acceptors (Lipinski definition) is 8. The minimum Gasteiger partial charge on any atom is -0.505 e. The van der Waals surface area contributed by atoms with E-state index in [0.29, 0.717) is 44.2 Å². The molecule has 2 aromatic heterocycles. The van der Waals surface area contributed by atoms with Crippen molar-refractivity contribution in [3.8, 4) is 5.75 Å². The standard InChI is InChI=1S/C29H37N7O3S/c1-5-22(24-17-20(18-39-24)19(2)3)32-27(30)28(34-40-4)33-23-10-8-9-21(26(23)37)29(38)36-15-13-35(14-16-36)25-11-6-7-12-31-25/h6-12,17-19,22,37H,5,13-16H2,1-4H3,(H2,30,32)(H,33,34)/t22-/m1/s1. The third kappa shape index (κ3) is 6.77. The number of phenolic OH excluding ortho intramolecular Hbond substituents is 1. The molecule has 4 rings (SSSR count). The molecular formula is C29H37N7O3S. The summed E-state index contributed by atoms with van der Waals surface area (Å²) >= 11 is 1.19. The van der Waals surface area contributed by atoms with E-state index in [1.807, 2.05) is 31.2 Å². The second-order valence-corrected chi connectivity index (χ2v) is 10.4. The molecule has 0 radical (unpaired) electrons. The van der Waals surface area contributed by atoms with E-state index in [0.717, 1.165) is 17.1 Å². The average molecular weight is 564 g/mol. The van der Waals surface area contributed by atoms with Crippen LogP contribution in [0.25, 0.3) is 0 Å². The van der Waals surface area contributed by atoms with Crippen LogP contribution in [0.15, 0.2) is 63.7 Å². The largest absolute Gasteiger partial charge is 0.505 e. The summed E-state index contributed by atoms with van der Waals surface area (Å²) in [6, 6.07) is 12.5. The van der Waals surface area contributed by atoms with Crippen LogP contribution >= 0.6 is 11.9 Å². The van der Waals surface area contributed by atoms with Crippen molar-refractivity contribution in [2.75, 3.05) is 42.7 Å². The molecule has 3 heterocycles. The molecule has 1 amide bonds. The van der Waals surface area contributed by atoms with Crippen molar-refractivity contribution in [1.29, 1.82) is 5.41 Å². The number of carbonyl (C=O) groups is 1. The highest BCUT2D eigenvalue weighted by Gasteiger charge is 2.26. The van der Waals surface area contributed by atoms with Crippen LogP contribution in [0.4, 0.5) is 11.5 Å². The Morgan fingerprint density at radius 2 is 1.98 bits per heavy atom. The Labute approximate surface area is 239 Å². The van der Waals surface area contributed by atoms with Crippen LogP contribution in [-0.4, -0.2) is 65.0 Å². The van der Waals surface area contributed by atoms with Crippen LogP contribution < -0.4 is 15.5 Å². The van der Waals surface area contributed by atoms with Gasteiger partial charge in [-0.3, -0.25) is 10.2 Å². The van der Waals surface area contributed by atoms with Gasteiger partial charge in [-0.15, -0.1) is 0 Å². The number of benzene rings is 1. The number of phenols is 1. The maximum Gasteiger partial charge on any atom is 0.257 e. The first-order chi connectivity index (χ1) is 19.3. The molecule has 1 aliphatic heterocycles. The molecule has 0 saturated carbocycles. The van der Waals surface area contributed by atoms with E-state index in [9.17, 15) is 9.90 Å². The maximum atomic E-state index is 13.4. The highest BCUT2D eigenvalue weighted by molar-refractivity contribution is 7.97. The fourth-order valence-electron chi connectivity index (χ4n) is 4.49. The number of amides is 1. The van der Waals surface area contributed by atoms with Gasteiger partial charge in [0.15, 0.2) is 17.4 Å². The number of nitrogens with one attached hydrogen (secondary N) is 3. The lowest BCUT2D eigenvalue weighted by Gasteiger charge is -2.35. The molecule has 1 aromatic carbocycles. The summed E-state index contributed by atoms with van der Waals surface area (Å²) in [6.07, 6.45) is 6.00. The molecule has 0 bridgehead atoms. The fourth-order valence-corrected chi connectivity index (χ4v) is 4.81. The molecule has 212 valence electrons. The molecule has 40 heavy (non-hydrogen) atoms. The van der Waals surface area contributed by atoms with Gasteiger partial charge in [0.2, 0.25) is 0 Å². The number of furan rings is 1. The van der Waals surface area contributed by atoms with Gasteiger partial charge >= 0.3 is 0 Å². The number of pyridine rings is 1. The highest BCUT2D eigenvalue weighted by atomic mass is 32.2. The highest BCUT2D eigenvalue weighted by Crippen LogP contribution is 2.30. The average Bonchev–Trinajstić information content (AvgIpc) is 3.47. The number of carbonyl (C=O) groups excluding carboxylic acids is 1. The van der Waals surface area contributed by atoms with Crippen molar-refractivity contribution >= 4 is 41.0 Å². The molecule has 0 spiro atoms. The number of anilines is 2. The molecule has 3 aromatic rings. The third-order valence-electron chi connectivity index (χ3n) is 6.86. The number of amidine groups is 2. The molecule has 0 aliphatic carbocycles. The van der Waals surface area contributed by atoms with Gasteiger partial charge in [0.05, 0.1) is 23.6 Å². The summed E-state index contributed by atoms with van der Waals surface area (Å²) in [5.74, 6) is 1.82. The lowest BCUT2D eigenvalue weighted by molar-refractivity contribution is 0.0743. The first-order valence-electron chi connectivity index (χ1n) is 13.4. The summed E-state index contributed by atoms with van der Waals surface area (Å²) in [5.41, 5.74) is 1.59. The van der Waals surface area contributed by atoms with Gasteiger partial charge < -0.3 is 30.0 Å². The van der Waals surface area contributed by atoms with E-state index >= 15 is 0 Å². The van der Waals surface area contributed by atoms with Gasteiger partial charge in [-0.2, -0.15) is 4.40 Å². The minimum absolute atomic E-state index is 0.0467. The monoisotopic (exact) mass is 563 g/mol. The van der Waals surface area contributed by atoms with E-state index < -0.39 is 0 Å². The lowest BCUT2D eigenvalue weighted by Crippen LogP contribution is -2.49. The maximum absolute atomic E-state index is 13.4. The Hall–Kier alpha value is -3.99. The Balaban J connectivity index is 1.44. The molecule has 1 atom stereocenters. The second kappa shape index (κ2) is 13.4. The summed E-state index contributed by atoms with van der Waals surface area (Å²) in [7, 11) is 0. The van der Waals surface area contributed by atoms with Crippen molar-refractivity contribution in [1.82, 2.24) is 15.2 Å². The normalized spacial score (nSPS) is 14.8. The number of rotatable bonds is 8. The Morgan fingerprint density at radius 1 is 1.20 bits per heavy atom. The first-order valence-corrected chi connectivity index (χ1v) is 14.6. The molecule has 1 saturated heterocycles. The summed E-state index contributed by atoms with van der Waals surface area (Å²) < 4.78 is 10.1. The Bertz CT molecular complexity index is 1330. The van der Waals surface area contributed by atoms with Gasteiger partial charge in [0.1, 0.15) is 11.6 Å². The van der Waals surface area contributed by atoms with Crippen molar-refractivity contribution in [2.24, 2.45) is 4.40 Å². The molecular weight excluding hydrogens is 526 g/mol. The van der Waals surface area contributed by atoms with Crippen LogP contribution in [0.5, 0.6) is 5.75 Å². The zero-order valence-corrected chi connectivity index (χ0v) is 24.2. The number of piperazine rings is 1. The predicted octanol–water partition coefficient (Wildman–Crippen LogP) is 5.27. The first kappa shape index (κ1) is 29.0. The van der Waals surface area contributed by atoms with E-state index in [4.69, 9.17) is 9.83 Å². The van der Waals surface area contributed by atoms with Gasteiger partial charge in [0.25, 0.3) is 5.91 Å². The SMILES string of the molecule is CC[C@@H](NC(=N)/C(=N\SC)Nc1cccc(C(=O)N2CCN(c3ccccn3)CC2)c1O)c1cc(C(C)C)co1. The zero-order valence-electron chi connectivity index (χ0n) is 23.3. The van der Waals surface area contributed by atoms with Crippen molar-refractivity contribution < 1.29 is 14.3 Å². The van der Waals surface area contributed by atoms with Crippen LogP contribution in [0.3, 0.4) is 0 Å². The quantitative estimate of drug-likeness (QED) is 0.126. The predicted molar refractivity (Wildman–Crippen MR) is 162 cm³/mol.